The molecule has 124 valence electrons. The van der Waals surface area contributed by atoms with Crippen LogP contribution in [0, 0.1) is 17.2 Å². The van der Waals surface area contributed by atoms with Crippen LogP contribution in [0.4, 0.5) is 5.82 Å². The maximum absolute atomic E-state index is 10.8. The largest absolute Gasteiger partial charge is 0.412 e. The molecule has 0 saturated heterocycles. The molecule has 2 aliphatic rings. The second-order valence-corrected chi connectivity index (χ2v) is 5.31. The molecule has 2 fully saturated rings. The average Bonchev–Trinajstić information content (AvgIpc) is 2.75. The topological polar surface area (TPSA) is 179 Å². The molecule has 1 aromatic rings. The van der Waals surface area contributed by atoms with E-state index in [1.165, 1.54) is 31.4 Å². The van der Waals surface area contributed by atoms with Crippen molar-refractivity contribution in [3.05, 3.63) is 11.8 Å². The molecule has 22 heavy (non-hydrogen) atoms. The third-order valence-corrected chi connectivity index (χ3v) is 3.98. The molecule has 2 aliphatic carbocycles. The minimum absolute atomic E-state index is 0. The number of aromatic nitrogens is 2. The van der Waals surface area contributed by atoms with Crippen LogP contribution in [0.1, 0.15) is 56.6 Å². The molecule has 0 bridgehead atoms. The Kier molecular flexibility index (Phi) is 9.78. The van der Waals surface area contributed by atoms with Crippen molar-refractivity contribution in [1.82, 2.24) is 10.2 Å². The number of hydrogen-bond donors (Lipinski definition) is 4. The maximum Gasteiger partial charge on any atom is 0.149 e. The Morgan fingerprint density at radius 3 is 2.23 bits per heavy atom. The van der Waals surface area contributed by atoms with Crippen molar-refractivity contribution < 1.29 is 10.3 Å². The molecule has 1 aromatic heterocycles. The summed E-state index contributed by atoms with van der Waals surface area (Å²) in [5.74, 6) is 9.71. The molecule has 0 amide bonds. The van der Waals surface area contributed by atoms with E-state index in [0.29, 0.717) is 11.7 Å². The van der Waals surface area contributed by atoms with Gasteiger partial charge in [0.1, 0.15) is 11.6 Å². The van der Waals surface area contributed by atoms with E-state index in [4.69, 9.17) is 11.0 Å². The van der Waals surface area contributed by atoms with Gasteiger partial charge in [0.2, 0.25) is 0 Å². The lowest BCUT2D eigenvalue weighted by molar-refractivity contribution is -0.124. The Morgan fingerprint density at radius 1 is 1.32 bits per heavy atom. The van der Waals surface area contributed by atoms with E-state index in [2.05, 4.69) is 21.9 Å². The highest BCUT2D eigenvalue weighted by atomic mass is 16.1. The molecule has 0 unspecified atom stereocenters. The fourth-order valence-corrected chi connectivity index (χ4v) is 2.23. The molecule has 8 nitrogen and oxygen atoms in total. The van der Waals surface area contributed by atoms with Crippen LogP contribution in [0.5, 0.6) is 0 Å². The summed E-state index contributed by atoms with van der Waals surface area (Å²) in [5.41, 5.74) is 6.66. The van der Waals surface area contributed by atoms with Crippen molar-refractivity contribution in [2.45, 2.75) is 50.9 Å². The van der Waals surface area contributed by atoms with E-state index in [9.17, 15) is 4.79 Å². The van der Waals surface area contributed by atoms with Crippen LogP contribution in [0.15, 0.2) is 6.07 Å². The number of nitrogens with one attached hydrogen (secondary N) is 1. The molecule has 2 saturated carbocycles. The highest BCUT2D eigenvalue weighted by molar-refractivity contribution is 5.83. The maximum atomic E-state index is 10.8. The number of nitrogens with two attached hydrogens (primary N) is 3. The Balaban J connectivity index is 0.000000348. The van der Waals surface area contributed by atoms with E-state index >= 15 is 0 Å². The summed E-state index contributed by atoms with van der Waals surface area (Å²) in [6.07, 6.45) is 7.25. The number of rotatable bonds is 3. The first-order valence-corrected chi connectivity index (χ1v) is 7.24. The SMILES string of the molecule is N#CCC(=O)C1CCC1.NN.Nc1cc(C2CCC2)[nH]n1.O. The molecule has 0 aliphatic heterocycles. The lowest BCUT2D eigenvalue weighted by Crippen LogP contribution is -2.20. The summed E-state index contributed by atoms with van der Waals surface area (Å²) in [6.45, 7) is 0. The van der Waals surface area contributed by atoms with Crippen LogP contribution in [0.25, 0.3) is 0 Å². The Morgan fingerprint density at radius 2 is 1.91 bits per heavy atom. The van der Waals surface area contributed by atoms with Gasteiger partial charge in [-0.05, 0) is 25.7 Å². The van der Waals surface area contributed by atoms with Crippen LogP contribution in [0.3, 0.4) is 0 Å². The molecule has 8 heteroatoms. The zero-order chi connectivity index (χ0) is 15.7. The Labute approximate surface area is 130 Å². The van der Waals surface area contributed by atoms with Crippen LogP contribution >= 0.6 is 0 Å². The molecule has 3 rings (SSSR count). The number of carbonyl (C=O) groups excluding carboxylic acids is 1. The zero-order valence-electron chi connectivity index (χ0n) is 12.7. The van der Waals surface area contributed by atoms with Crippen molar-refractivity contribution in [2.75, 3.05) is 5.73 Å². The highest BCUT2D eigenvalue weighted by Gasteiger charge is 2.24. The quantitative estimate of drug-likeness (QED) is 0.466. The number of nitrogen functional groups attached to an aromatic ring is 1. The van der Waals surface area contributed by atoms with Gasteiger partial charge in [0.05, 0.1) is 12.5 Å². The first kappa shape index (κ1) is 20.1. The van der Waals surface area contributed by atoms with Gasteiger partial charge in [-0.3, -0.25) is 21.6 Å². The molecule has 0 atom stereocenters. The summed E-state index contributed by atoms with van der Waals surface area (Å²) < 4.78 is 0. The van der Waals surface area contributed by atoms with Gasteiger partial charge >= 0.3 is 0 Å². The summed E-state index contributed by atoms with van der Waals surface area (Å²) in [7, 11) is 0. The first-order valence-electron chi connectivity index (χ1n) is 7.24. The van der Waals surface area contributed by atoms with E-state index < -0.39 is 0 Å². The number of ketones is 1. The minimum Gasteiger partial charge on any atom is -0.412 e. The number of Topliss-reactive ketones (excluding diaryl/α,β-unsaturated/α-hetero) is 1. The molecular formula is C14H26N6O2. The number of nitrogens with zero attached hydrogens (tertiary/aromatic N) is 2. The van der Waals surface area contributed by atoms with Crippen LogP contribution in [-0.2, 0) is 4.79 Å². The molecule has 9 N–H and O–H groups in total. The average molecular weight is 310 g/mol. The molecule has 0 radical (unpaired) electrons. The van der Waals surface area contributed by atoms with Gasteiger partial charge in [0, 0.05) is 23.6 Å². The number of hydrazine groups is 1. The fourth-order valence-electron chi connectivity index (χ4n) is 2.23. The number of hydrogen-bond acceptors (Lipinski definition) is 6. The zero-order valence-corrected chi connectivity index (χ0v) is 12.7. The number of carbonyl (C=O) groups is 1. The van der Waals surface area contributed by atoms with Crippen molar-refractivity contribution in [3.8, 4) is 6.07 Å². The second kappa shape index (κ2) is 10.7. The Bertz CT molecular complexity index is 474. The minimum atomic E-state index is 0. The van der Waals surface area contributed by atoms with E-state index in [1.807, 2.05) is 12.1 Å². The van der Waals surface area contributed by atoms with Gasteiger partial charge < -0.3 is 11.2 Å². The van der Waals surface area contributed by atoms with E-state index in [-0.39, 0.29) is 23.6 Å². The predicted molar refractivity (Wildman–Crippen MR) is 84.2 cm³/mol. The van der Waals surface area contributed by atoms with Gasteiger partial charge in [-0.1, -0.05) is 12.8 Å². The van der Waals surface area contributed by atoms with Gasteiger partial charge in [0.25, 0.3) is 0 Å². The van der Waals surface area contributed by atoms with E-state index in [0.717, 1.165) is 12.8 Å². The van der Waals surface area contributed by atoms with Crippen molar-refractivity contribution in [2.24, 2.45) is 17.6 Å². The fraction of sp³-hybridized carbons (Fsp3) is 0.643. The molecule has 1 heterocycles. The van der Waals surface area contributed by atoms with Crippen LogP contribution in [0.2, 0.25) is 0 Å². The standard InChI is InChI=1S/C7H11N3.C7H9NO.H4N2.H2O/c8-7-4-6(9-10-7)5-2-1-3-5;8-5-4-7(9)6-2-1-3-6;1-2;/h4-5H,1-3H2,(H3,8,9,10);6H,1-4H2;1-2H2;1H2. The molecule has 0 aromatic carbocycles. The third kappa shape index (κ3) is 5.81. The predicted octanol–water partition coefficient (Wildman–Crippen LogP) is 0.523. The Hall–Kier alpha value is -1.95. The number of aromatic amines is 1. The van der Waals surface area contributed by atoms with Gasteiger partial charge in [-0.15, -0.1) is 0 Å². The van der Waals surface area contributed by atoms with Crippen molar-refractivity contribution in [1.29, 1.82) is 5.26 Å². The third-order valence-electron chi connectivity index (χ3n) is 3.98. The first-order chi connectivity index (χ1) is 10.2. The highest BCUT2D eigenvalue weighted by Crippen LogP contribution is 2.35. The summed E-state index contributed by atoms with van der Waals surface area (Å²) in [5, 5.41) is 14.9. The van der Waals surface area contributed by atoms with Crippen molar-refractivity contribution in [3.63, 3.8) is 0 Å². The van der Waals surface area contributed by atoms with Crippen LogP contribution in [-0.4, -0.2) is 21.5 Å². The number of H-pyrrole nitrogens is 1. The van der Waals surface area contributed by atoms with E-state index in [1.54, 1.807) is 0 Å². The lowest BCUT2D eigenvalue weighted by atomic mass is 9.81. The lowest BCUT2D eigenvalue weighted by Gasteiger charge is -2.23. The summed E-state index contributed by atoms with van der Waals surface area (Å²) >= 11 is 0. The smallest absolute Gasteiger partial charge is 0.149 e. The second-order valence-electron chi connectivity index (χ2n) is 5.31. The van der Waals surface area contributed by atoms with Gasteiger partial charge in [-0.2, -0.15) is 10.4 Å². The number of nitriles is 1. The molecular weight excluding hydrogens is 284 g/mol. The summed E-state index contributed by atoms with van der Waals surface area (Å²) in [4.78, 5) is 10.8. The van der Waals surface area contributed by atoms with Crippen molar-refractivity contribution >= 4 is 11.6 Å². The van der Waals surface area contributed by atoms with Crippen LogP contribution < -0.4 is 17.4 Å². The summed E-state index contributed by atoms with van der Waals surface area (Å²) in [6, 6.07) is 3.80. The normalized spacial score (nSPS) is 16.2. The molecule has 0 spiro atoms. The number of anilines is 1. The van der Waals surface area contributed by atoms with Gasteiger partial charge in [0.15, 0.2) is 0 Å². The van der Waals surface area contributed by atoms with Gasteiger partial charge in [-0.25, -0.2) is 0 Å². The monoisotopic (exact) mass is 310 g/mol.